The van der Waals surface area contributed by atoms with Crippen LogP contribution in [0.5, 0.6) is 0 Å². The molecule has 2 atom stereocenters. The lowest BCUT2D eigenvalue weighted by Gasteiger charge is -2.31. The normalized spacial score (nSPS) is 27.3. The zero-order chi connectivity index (χ0) is 13.2. The van der Waals surface area contributed by atoms with Crippen LogP contribution in [0.3, 0.4) is 0 Å². The standard InChI is InChI=1S/C16H20BrNO/c17-11-12-6-8-18(9-7-12)16(19)15-10-14(15)13-4-2-1-3-5-13/h1-5,12,14-15H,6-11H2. The number of hydrogen-bond donors (Lipinski definition) is 0. The van der Waals surface area contributed by atoms with Crippen LogP contribution in [0.25, 0.3) is 0 Å². The van der Waals surface area contributed by atoms with Crippen LogP contribution in [0.2, 0.25) is 0 Å². The molecule has 1 aromatic carbocycles. The highest BCUT2D eigenvalue weighted by molar-refractivity contribution is 9.09. The molecule has 1 aromatic rings. The van der Waals surface area contributed by atoms with Crippen molar-refractivity contribution in [3.63, 3.8) is 0 Å². The number of piperidine rings is 1. The number of halogens is 1. The third kappa shape index (κ3) is 2.86. The van der Waals surface area contributed by atoms with E-state index in [4.69, 9.17) is 0 Å². The highest BCUT2D eigenvalue weighted by Gasteiger charge is 2.45. The van der Waals surface area contributed by atoms with E-state index in [1.807, 2.05) is 6.07 Å². The second-order valence-corrected chi connectivity index (χ2v) is 6.43. The molecule has 19 heavy (non-hydrogen) atoms. The quantitative estimate of drug-likeness (QED) is 0.781. The number of amides is 1. The summed E-state index contributed by atoms with van der Waals surface area (Å²) in [6, 6.07) is 10.5. The number of benzene rings is 1. The molecule has 1 aliphatic carbocycles. The van der Waals surface area contributed by atoms with Gasteiger partial charge in [0.25, 0.3) is 0 Å². The fraction of sp³-hybridized carbons (Fsp3) is 0.562. The van der Waals surface area contributed by atoms with Crippen LogP contribution in [0.1, 0.15) is 30.7 Å². The molecule has 2 unspecified atom stereocenters. The Kier molecular flexibility index (Phi) is 3.92. The number of nitrogens with zero attached hydrogens (tertiary/aromatic N) is 1. The van der Waals surface area contributed by atoms with Gasteiger partial charge < -0.3 is 4.90 Å². The Bertz CT molecular complexity index is 439. The number of hydrogen-bond acceptors (Lipinski definition) is 1. The smallest absolute Gasteiger partial charge is 0.226 e. The Morgan fingerprint density at radius 2 is 1.89 bits per heavy atom. The fourth-order valence-electron chi connectivity index (χ4n) is 3.08. The molecule has 3 heteroatoms. The van der Waals surface area contributed by atoms with Crippen LogP contribution in [0, 0.1) is 11.8 Å². The number of carbonyl (C=O) groups excluding carboxylic acids is 1. The predicted molar refractivity (Wildman–Crippen MR) is 80.4 cm³/mol. The Hall–Kier alpha value is -0.830. The summed E-state index contributed by atoms with van der Waals surface area (Å²) in [7, 11) is 0. The molecule has 0 aromatic heterocycles. The molecule has 0 spiro atoms. The molecule has 0 bridgehead atoms. The van der Waals surface area contributed by atoms with Gasteiger partial charge in [-0.2, -0.15) is 0 Å². The minimum Gasteiger partial charge on any atom is -0.342 e. The summed E-state index contributed by atoms with van der Waals surface area (Å²) in [6.07, 6.45) is 3.35. The fourth-order valence-corrected chi connectivity index (χ4v) is 3.73. The van der Waals surface area contributed by atoms with Crippen LogP contribution in [-0.4, -0.2) is 29.2 Å². The molecule has 0 N–H and O–H groups in total. The van der Waals surface area contributed by atoms with E-state index in [0.717, 1.165) is 43.6 Å². The van der Waals surface area contributed by atoms with Crippen molar-refractivity contribution in [2.24, 2.45) is 11.8 Å². The third-order valence-corrected chi connectivity index (χ3v) is 5.40. The second-order valence-electron chi connectivity index (χ2n) is 5.78. The van der Waals surface area contributed by atoms with Crippen LogP contribution in [-0.2, 0) is 4.79 Å². The van der Waals surface area contributed by atoms with E-state index in [0.29, 0.717) is 11.8 Å². The van der Waals surface area contributed by atoms with Crippen molar-refractivity contribution in [3.05, 3.63) is 35.9 Å². The maximum Gasteiger partial charge on any atom is 0.226 e. The lowest BCUT2D eigenvalue weighted by atomic mass is 9.98. The van der Waals surface area contributed by atoms with E-state index in [2.05, 4.69) is 45.1 Å². The van der Waals surface area contributed by atoms with E-state index in [1.54, 1.807) is 0 Å². The first-order valence-electron chi connectivity index (χ1n) is 7.19. The molecule has 2 aliphatic rings. The van der Waals surface area contributed by atoms with Crippen molar-refractivity contribution < 1.29 is 4.79 Å². The van der Waals surface area contributed by atoms with Gasteiger partial charge >= 0.3 is 0 Å². The minimum absolute atomic E-state index is 0.253. The Morgan fingerprint density at radius 1 is 1.21 bits per heavy atom. The molecule has 1 saturated heterocycles. The van der Waals surface area contributed by atoms with E-state index in [1.165, 1.54) is 5.56 Å². The lowest BCUT2D eigenvalue weighted by Crippen LogP contribution is -2.39. The summed E-state index contributed by atoms with van der Waals surface area (Å²) >= 11 is 3.55. The molecule has 2 nitrogen and oxygen atoms in total. The van der Waals surface area contributed by atoms with Gasteiger partial charge in [0, 0.05) is 24.3 Å². The Labute approximate surface area is 123 Å². The van der Waals surface area contributed by atoms with Gasteiger partial charge in [0.2, 0.25) is 5.91 Å². The maximum atomic E-state index is 12.5. The predicted octanol–water partition coefficient (Wildman–Crippen LogP) is 3.42. The summed E-state index contributed by atoms with van der Waals surface area (Å²) in [5, 5.41) is 1.07. The largest absolute Gasteiger partial charge is 0.342 e. The number of rotatable bonds is 3. The third-order valence-electron chi connectivity index (χ3n) is 4.48. The van der Waals surface area contributed by atoms with E-state index in [9.17, 15) is 4.79 Å². The van der Waals surface area contributed by atoms with Crippen molar-refractivity contribution >= 4 is 21.8 Å². The van der Waals surface area contributed by atoms with E-state index in [-0.39, 0.29) is 5.92 Å². The summed E-state index contributed by atoms with van der Waals surface area (Å²) in [5.74, 6) is 1.88. The first-order chi connectivity index (χ1) is 9.29. The molecule has 1 heterocycles. The zero-order valence-electron chi connectivity index (χ0n) is 11.1. The van der Waals surface area contributed by atoms with Gasteiger partial charge in [0.05, 0.1) is 0 Å². The van der Waals surface area contributed by atoms with Gasteiger partial charge in [0.1, 0.15) is 0 Å². The van der Waals surface area contributed by atoms with E-state index >= 15 is 0 Å². The van der Waals surface area contributed by atoms with Crippen molar-refractivity contribution in [3.8, 4) is 0 Å². The number of likely N-dealkylation sites (tertiary alicyclic amines) is 1. The molecule has 3 rings (SSSR count). The molecular weight excluding hydrogens is 302 g/mol. The van der Waals surface area contributed by atoms with E-state index < -0.39 is 0 Å². The van der Waals surface area contributed by atoms with Gasteiger partial charge in [-0.25, -0.2) is 0 Å². The topological polar surface area (TPSA) is 20.3 Å². The van der Waals surface area contributed by atoms with Gasteiger partial charge in [-0.1, -0.05) is 46.3 Å². The number of carbonyl (C=O) groups is 1. The Morgan fingerprint density at radius 3 is 2.53 bits per heavy atom. The molecule has 2 fully saturated rings. The average molecular weight is 322 g/mol. The van der Waals surface area contributed by atoms with Crippen LogP contribution >= 0.6 is 15.9 Å². The van der Waals surface area contributed by atoms with Crippen LogP contribution in [0.4, 0.5) is 0 Å². The highest BCUT2D eigenvalue weighted by atomic mass is 79.9. The maximum absolute atomic E-state index is 12.5. The Balaban J connectivity index is 1.56. The molecule has 1 saturated carbocycles. The number of alkyl halides is 1. The van der Waals surface area contributed by atoms with Crippen molar-refractivity contribution in [2.75, 3.05) is 18.4 Å². The molecule has 102 valence electrons. The average Bonchev–Trinajstić information content (AvgIpc) is 3.28. The van der Waals surface area contributed by atoms with Gasteiger partial charge in [0.15, 0.2) is 0 Å². The van der Waals surface area contributed by atoms with Crippen molar-refractivity contribution in [1.29, 1.82) is 0 Å². The van der Waals surface area contributed by atoms with Crippen molar-refractivity contribution in [2.45, 2.75) is 25.2 Å². The van der Waals surface area contributed by atoms with Crippen LogP contribution < -0.4 is 0 Å². The molecule has 1 amide bonds. The molecule has 0 radical (unpaired) electrons. The lowest BCUT2D eigenvalue weighted by molar-refractivity contribution is -0.133. The minimum atomic E-state index is 0.253. The highest BCUT2D eigenvalue weighted by Crippen LogP contribution is 2.48. The summed E-state index contributed by atoms with van der Waals surface area (Å²) in [5.41, 5.74) is 1.33. The summed E-state index contributed by atoms with van der Waals surface area (Å²) in [4.78, 5) is 14.5. The summed E-state index contributed by atoms with van der Waals surface area (Å²) < 4.78 is 0. The molecular formula is C16H20BrNO. The first-order valence-corrected chi connectivity index (χ1v) is 8.31. The van der Waals surface area contributed by atoms with Crippen molar-refractivity contribution in [1.82, 2.24) is 4.90 Å². The van der Waals surface area contributed by atoms with Gasteiger partial charge in [-0.3, -0.25) is 4.79 Å². The zero-order valence-corrected chi connectivity index (χ0v) is 12.7. The summed E-state index contributed by atoms with van der Waals surface area (Å²) in [6.45, 7) is 1.90. The molecule has 1 aliphatic heterocycles. The van der Waals surface area contributed by atoms with Crippen LogP contribution in [0.15, 0.2) is 30.3 Å². The SMILES string of the molecule is O=C(C1CC1c1ccccc1)N1CCC(CBr)CC1. The monoisotopic (exact) mass is 321 g/mol. The second kappa shape index (κ2) is 5.66. The van der Waals surface area contributed by atoms with Gasteiger partial charge in [-0.15, -0.1) is 0 Å². The first kappa shape index (κ1) is 13.2. The van der Waals surface area contributed by atoms with Gasteiger partial charge in [-0.05, 0) is 36.7 Å².